The third-order valence-electron chi connectivity index (χ3n) is 2.91. The van der Waals surface area contributed by atoms with Crippen LogP contribution in [-0.2, 0) is 4.74 Å². The van der Waals surface area contributed by atoms with Gasteiger partial charge in [0.2, 0.25) is 0 Å². The summed E-state index contributed by atoms with van der Waals surface area (Å²) in [6, 6.07) is 0. The highest BCUT2D eigenvalue weighted by atomic mass is 32.2. The summed E-state index contributed by atoms with van der Waals surface area (Å²) in [5, 5.41) is 0.726. The highest BCUT2D eigenvalue weighted by Crippen LogP contribution is 2.25. The smallest absolute Gasteiger partial charge is 0.0999 e. The van der Waals surface area contributed by atoms with Crippen molar-refractivity contribution in [1.29, 1.82) is 0 Å². The fraction of sp³-hybridized carbons (Fsp3) is 0.833. The molecule has 0 aromatic rings. The zero-order valence-corrected chi connectivity index (χ0v) is 10.9. The third kappa shape index (κ3) is 4.31. The van der Waals surface area contributed by atoms with Crippen molar-refractivity contribution < 1.29 is 4.74 Å². The number of allylic oxidation sites excluding steroid dienone is 1. The summed E-state index contributed by atoms with van der Waals surface area (Å²) >= 11 is 4.14. The zero-order valence-electron chi connectivity index (χ0n) is 9.24. The molecule has 86 valence electrons. The first-order chi connectivity index (χ1) is 7.45. The van der Waals surface area contributed by atoms with Gasteiger partial charge < -0.3 is 4.74 Å². The van der Waals surface area contributed by atoms with Crippen molar-refractivity contribution in [2.45, 2.75) is 37.4 Å². The molecule has 2 rings (SSSR count). The van der Waals surface area contributed by atoms with E-state index in [-0.39, 0.29) is 0 Å². The van der Waals surface area contributed by atoms with E-state index >= 15 is 0 Å². The maximum absolute atomic E-state index is 5.72. The summed E-state index contributed by atoms with van der Waals surface area (Å²) in [4.78, 5) is 0. The predicted molar refractivity (Wildman–Crippen MR) is 70.7 cm³/mol. The van der Waals surface area contributed by atoms with Gasteiger partial charge in [-0.15, -0.1) is 0 Å². The van der Waals surface area contributed by atoms with Gasteiger partial charge in [-0.05, 0) is 31.3 Å². The topological polar surface area (TPSA) is 9.23 Å². The Hall–Kier alpha value is 0.240. The Bertz CT molecular complexity index is 202. The average molecular weight is 244 g/mol. The second kappa shape index (κ2) is 6.74. The molecule has 1 nitrogen and oxygen atoms in total. The van der Waals surface area contributed by atoms with E-state index in [1.807, 2.05) is 0 Å². The van der Waals surface area contributed by atoms with Crippen LogP contribution in [0.25, 0.3) is 0 Å². The fourth-order valence-electron chi connectivity index (χ4n) is 2.03. The summed E-state index contributed by atoms with van der Waals surface area (Å²) < 4.78 is 5.72. The molecule has 1 saturated heterocycles. The molecule has 1 saturated carbocycles. The van der Waals surface area contributed by atoms with E-state index < -0.39 is 0 Å². The van der Waals surface area contributed by atoms with Gasteiger partial charge in [-0.1, -0.05) is 6.42 Å². The van der Waals surface area contributed by atoms with Crippen LogP contribution in [0.3, 0.4) is 0 Å². The summed E-state index contributed by atoms with van der Waals surface area (Å²) in [5.74, 6) is 3.89. The van der Waals surface area contributed by atoms with E-state index in [0.29, 0.717) is 0 Å². The number of thioether (sulfide) groups is 2. The highest BCUT2D eigenvalue weighted by molar-refractivity contribution is 8.06. The quantitative estimate of drug-likeness (QED) is 0.701. The first-order valence-corrected chi connectivity index (χ1v) is 8.14. The lowest BCUT2D eigenvalue weighted by molar-refractivity contribution is 0.249. The van der Waals surface area contributed by atoms with Crippen LogP contribution in [-0.4, -0.2) is 29.1 Å². The summed E-state index contributed by atoms with van der Waals surface area (Å²) in [7, 11) is 0. The van der Waals surface area contributed by atoms with Crippen LogP contribution in [0.4, 0.5) is 0 Å². The molecule has 1 heterocycles. The molecular formula is C12H20OS2. The first kappa shape index (κ1) is 11.7. The van der Waals surface area contributed by atoms with Gasteiger partial charge in [-0.25, -0.2) is 0 Å². The van der Waals surface area contributed by atoms with Crippen LogP contribution in [0.5, 0.6) is 0 Å². The molecule has 0 N–H and O–H groups in total. The molecule has 0 spiro atoms. The largest absolute Gasteiger partial charge is 0.500 e. The minimum absolute atomic E-state index is 0.726. The maximum atomic E-state index is 5.72. The Morgan fingerprint density at radius 3 is 2.80 bits per heavy atom. The number of rotatable bonds is 3. The van der Waals surface area contributed by atoms with Gasteiger partial charge >= 0.3 is 0 Å². The van der Waals surface area contributed by atoms with Crippen LogP contribution in [0.2, 0.25) is 0 Å². The van der Waals surface area contributed by atoms with Crippen molar-refractivity contribution in [3.63, 3.8) is 0 Å². The Morgan fingerprint density at radius 2 is 2.07 bits per heavy atom. The van der Waals surface area contributed by atoms with Gasteiger partial charge in [0.05, 0.1) is 12.9 Å². The fourth-order valence-corrected chi connectivity index (χ4v) is 4.59. The van der Waals surface area contributed by atoms with Crippen molar-refractivity contribution in [1.82, 2.24) is 0 Å². The summed E-state index contributed by atoms with van der Waals surface area (Å²) in [5.41, 5.74) is 1.54. The molecule has 0 aromatic heterocycles. The van der Waals surface area contributed by atoms with E-state index in [1.54, 1.807) is 0 Å². The van der Waals surface area contributed by atoms with Crippen molar-refractivity contribution in [2.24, 2.45) is 0 Å². The van der Waals surface area contributed by atoms with Crippen LogP contribution in [0, 0.1) is 0 Å². The van der Waals surface area contributed by atoms with Crippen LogP contribution in [0.1, 0.15) is 32.1 Å². The molecule has 3 heteroatoms. The van der Waals surface area contributed by atoms with E-state index in [4.69, 9.17) is 4.74 Å². The van der Waals surface area contributed by atoms with Gasteiger partial charge in [0, 0.05) is 22.5 Å². The highest BCUT2D eigenvalue weighted by Gasteiger charge is 2.14. The van der Waals surface area contributed by atoms with Gasteiger partial charge in [0.1, 0.15) is 0 Å². The van der Waals surface area contributed by atoms with Gasteiger partial charge in [0.25, 0.3) is 0 Å². The average Bonchev–Trinajstić information content (AvgIpc) is 2.32. The molecule has 0 radical (unpaired) electrons. The molecule has 2 fully saturated rings. The molecule has 0 bridgehead atoms. The zero-order chi connectivity index (χ0) is 10.3. The minimum Gasteiger partial charge on any atom is -0.500 e. The Labute approximate surface area is 101 Å². The molecule has 15 heavy (non-hydrogen) atoms. The van der Waals surface area contributed by atoms with E-state index in [1.165, 1.54) is 54.9 Å². The molecule has 0 aromatic carbocycles. The van der Waals surface area contributed by atoms with Gasteiger partial charge in [0.15, 0.2) is 0 Å². The van der Waals surface area contributed by atoms with E-state index in [0.717, 1.165) is 11.9 Å². The molecule has 2 aliphatic rings. The Kier molecular flexibility index (Phi) is 5.27. The maximum Gasteiger partial charge on any atom is 0.0999 e. The van der Waals surface area contributed by atoms with Crippen LogP contribution in [0.15, 0.2) is 11.8 Å². The van der Waals surface area contributed by atoms with E-state index in [9.17, 15) is 0 Å². The monoisotopic (exact) mass is 244 g/mol. The molecule has 1 aliphatic heterocycles. The SMILES string of the molecule is C(OCC1CSCCS1)=C1CCCCC1. The summed E-state index contributed by atoms with van der Waals surface area (Å²) in [6.07, 6.45) is 8.73. The molecule has 1 unspecified atom stereocenters. The number of hydrogen-bond donors (Lipinski definition) is 0. The Balaban J connectivity index is 1.64. The summed E-state index contributed by atoms with van der Waals surface area (Å²) in [6.45, 7) is 0.918. The number of hydrogen-bond acceptors (Lipinski definition) is 3. The predicted octanol–water partition coefficient (Wildman–Crippen LogP) is 3.70. The lowest BCUT2D eigenvalue weighted by Gasteiger charge is -2.20. The lowest BCUT2D eigenvalue weighted by Crippen LogP contribution is -2.18. The Morgan fingerprint density at radius 1 is 1.20 bits per heavy atom. The van der Waals surface area contributed by atoms with Gasteiger partial charge in [-0.3, -0.25) is 0 Å². The van der Waals surface area contributed by atoms with Gasteiger partial charge in [-0.2, -0.15) is 23.5 Å². The van der Waals surface area contributed by atoms with Crippen LogP contribution >= 0.6 is 23.5 Å². The standard InChI is InChI=1S/C12H20OS2/c1-2-4-11(5-3-1)8-13-9-12-10-14-6-7-15-12/h8,12H,1-7,9-10H2. The second-order valence-corrected chi connectivity index (χ2v) is 6.80. The van der Waals surface area contributed by atoms with Crippen LogP contribution < -0.4 is 0 Å². The normalized spacial score (nSPS) is 27.5. The van der Waals surface area contributed by atoms with Crippen molar-refractivity contribution in [2.75, 3.05) is 23.9 Å². The van der Waals surface area contributed by atoms with Crippen molar-refractivity contribution >= 4 is 23.5 Å². The molecular weight excluding hydrogens is 224 g/mol. The van der Waals surface area contributed by atoms with Crippen molar-refractivity contribution in [3.05, 3.63) is 11.8 Å². The lowest BCUT2D eigenvalue weighted by atomic mass is 9.96. The minimum atomic E-state index is 0.726. The van der Waals surface area contributed by atoms with Crippen molar-refractivity contribution in [3.8, 4) is 0 Å². The third-order valence-corrected chi connectivity index (χ3v) is 5.73. The number of ether oxygens (including phenoxy) is 1. The molecule has 0 amide bonds. The molecule has 1 atom stereocenters. The first-order valence-electron chi connectivity index (χ1n) is 5.94. The second-order valence-electron chi connectivity index (χ2n) is 4.24. The molecule has 1 aliphatic carbocycles. The van der Waals surface area contributed by atoms with E-state index in [2.05, 4.69) is 29.8 Å².